The van der Waals surface area contributed by atoms with E-state index in [4.69, 9.17) is 11.6 Å². The van der Waals surface area contributed by atoms with Crippen molar-refractivity contribution < 1.29 is 4.79 Å². The number of carbonyl (C=O) groups excluding carboxylic acids is 1. The minimum absolute atomic E-state index is 0.0937. The lowest BCUT2D eigenvalue weighted by atomic mass is 9.87. The summed E-state index contributed by atoms with van der Waals surface area (Å²) in [5.74, 6) is 0.417. The smallest absolute Gasteiger partial charge is 0.225 e. The Morgan fingerprint density at radius 1 is 1.19 bits per heavy atom. The van der Waals surface area contributed by atoms with Crippen LogP contribution in [0.1, 0.15) is 56.7 Å². The number of aryl methyl sites for hydroxylation is 2. The molecule has 6 heteroatoms. The van der Waals surface area contributed by atoms with E-state index in [1.165, 1.54) is 17.2 Å². The Balaban J connectivity index is 1.73. The molecule has 0 bridgehead atoms. The van der Waals surface area contributed by atoms with E-state index in [1.807, 2.05) is 30.5 Å². The number of nitrogens with one attached hydrogen (secondary N) is 2. The number of amides is 1. The first kappa shape index (κ1) is 21.4. The van der Waals surface area contributed by atoms with E-state index in [1.54, 1.807) is 0 Å². The molecule has 1 aliphatic rings. The van der Waals surface area contributed by atoms with E-state index >= 15 is 0 Å². The van der Waals surface area contributed by atoms with Crippen LogP contribution in [0.2, 0.25) is 5.02 Å². The summed E-state index contributed by atoms with van der Waals surface area (Å²) in [5, 5.41) is 7.60. The number of fused-ring (bicyclic) bond motifs is 2. The van der Waals surface area contributed by atoms with E-state index in [0.29, 0.717) is 29.2 Å². The molecule has 1 aliphatic carbocycles. The van der Waals surface area contributed by atoms with Crippen molar-refractivity contribution in [2.75, 3.05) is 10.6 Å². The highest BCUT2D eigenvalue weighted by Crippen LogP contribution is 2.36. The summed E-state index contributed by atoms with van der Waals surface area (Å²) >= 11 is 6.67. The maximum absolute atomic E-state index is 12.9. The SMILES string of the molecule is CCCC(=O)Nc1cc(=O)c2cc(NC3CCCc4ccccc43)c(Cl)cc2n1CC. The summed E-state index contributed by atoms with van der Waals surface area (Å²) in [5.41, 5.74) is 4.02. The van der Waals surface area contributed by atoms with Crippen molar-refractivity contribution in [3.05, 3.63) is 68.8 Å². The number of hydrogen-bond donors (Lipinski definition) is 2. The van der Waals surface area contributed by atoms with Crippen LogP contribution in [-0.2, 0) is 17.8 Å². The number of pyridine rings is 1. The van der Waals surface area contributed by atoms with E-state index < -0.39 is 0 Å². The number of anilines is 2. The van der Waals surface area contributed by atoms with Crippen LogP contribution in [-0.4, -0.2) is 10.5 Å². The number of benzene rings is 2. The summed E-state index contributed by atoms with van der Waals surface area (Å²) in [4.78, 5) is 25.0. The number of rotatable bonds is 6. The Hall–Kier alpha value is -2.79. The van der Waals surface area contributed by atoms with E-state index in [9.17, 15) is 9.59 Å². The zero-order chi connectivity index (χ0) is 22.0. The molecule has 31 heavy (non-hydrogen) atoms. The second kappa shape index (κ2) is 9.15. The van der Waals surface area contributed by atoms with Crippen molar-refractivity contribution in [1.29, 1.82) is 0 Å². The first-order valence-corrected chi connectivity index (χ1v) is 11.4. The fourth-order valence-corrected chi connectivity index (χ4v) is 4.68. The third kappa shape index (κ3) is 4.33. The molecule has 4 rings (SSSR count). The average Bonchev–Trinajstić information content (AvgIpc) is 2.75. The van der Waals surface area contributed by atoms with Crippen molar-refractivity contribution in [3.8, 4) is 0 Å². The summed E-state index contributed by atoms with van der Waals surface area (Å²) < 4.78 is 1.93. The first-order valence-electron chi connectivity index (χ1n) is 11.0. The molecule has 2 N–H and O–H groups in total. The molecule has 2 aromatic carbocycles. The molecular weight excluding hydrogens is 410 g/mol. The molecule has 3 aromatic rings. The van der Waals surface area contributed by atoms with Crippen molar-refractivity contribution in [1.82, 2.24) is 4.57 Å². The van der Waals surface area contributed by atoms with Gasteiger partial charge in [-0.3, -0.25) is 9.59 Å². The predicted octanol–water partition coefficient (Wildman–Crippen LogP) is 5.90. The predicted molar refractivity (Wildman–Crippen MR) is 128 cm³/mol. The highest BCUT2D eigenvalue weighted by Gasteiger charge is 2.21. The molecule has 0 fully saturated rings. The topological polar surface area (TPSA) is 63.1 Å². The summed E-state index contributed by atoms with van der Waals surface area (Å²) in [6.07, 6.45) is 4.40. The standard InChI is InChI=1S/C25H28ClN3O2/c1-3-8-25(31)28-24-15-23(30)18-13-21(19(26)14-22(18)29(24)4-2)27-20-12-7-10-16-9-5-6-11-17(16)20/h5-6,9,11,13-15,20,27H,3-4,7-8,10,12H2,1-2H3,(H,28,31). The van der Waals surface area contributed by atoms with Crippen LogP contribution < -0.4 is 16.1 Å². The van der Waals surface area contributed by atoms with Crippen LogP contribution in [0.25, 0.3) is 10.9 Å². The van der Waals surface area contributed by atoms with Crippen LogP contribution in [0.5, 0.6) is 0 Å². The van der Waals surface area contributed by atoms with Gasteiger partial charge in [0.25, 0.3) is 0 Å². The van der Waals surface area contributed by atoms with E-state index in [2.05, 4.69) is 34.9 Å². The molecule has 0 saturated heterocycles. The van der Waals surface area contributed by atoms with Crippen LogP contribution in [0.4, 0.5) is 11.5 Å². The van der Waals surface area contributed by atoms with Gasteiger partial charge in [-0.05, 0) is 55.9 Å². The van der Waals surface area contributed by atoms with Crippen LogP contribution in [0.15, 0.2) is 47.3 Å². The van der Waals surface area contributed by atoms with Crippen LogP contribution in [0, 0.1) is 0 Å². The van der Waals surface area contributed by atoms with E-state index in [-0.39, 0.29) is 17.4 Å². The number of nitrogens with zero attached hydrogens (tertiary/aromatic N) is 1. The van der Waals surface area contributed by atoms with Gasteiger partial charge in [-0.2, -0.15) is 0 Å². The van der Waals surface area contributed by atoms with Gasteiger partial charge in [0.05, 0.1) is 22.3 Å². The third-order valence-corrected chi connectivity index (χ3v) is 6.27. The fourth-order valence-electron chi connectivity index (χ4n) is 4.47. The Morgan fingerprint density at radius 2 is 2.00 bits per heavy atom. The molecule has 0 radical (unpaired) electrons. The van der Waals surface area contributed by atoms with Gasteiger partial charge < -0.3 is 15.2 Å². The van der Waals surface area contributed by atoms with Crippen molar-refractivity contribution in [2.24, 2.45) is 0 Å². The Kier molecular flexibility index (Phi) is 6.33. The van der Waals surface area contributed by atoms with Gasteiger partial charge in [0.15, 0.2) is 5.43 Å². The molecule has 162 valence electrons. The lowest BCUT2D eigenvalue weighted by Gasteiger charge is -2.28. The number of halogens is 1. The molecular formula is C25H28ClN3O2. The van der Waals surface area contributed by atoms with Gasteiger partial charge in [-0.15, -0.1) is 0 Å². The summed E-state index contributed by atoms with van der Waals surface area (Å²) in [7, 11) is 0. The molecule has 0 spiro atoms. The normalized spacial score (nSPS) is 15.5. The number of carbonyl (C=O) groups is 1. The number of aromatic nitrogens is 1. The molecule has 0 aliphatic heterocycles. The Morgan fingerprint density at radius 3 is 2.77 bits per heavy atom. The second-order valence-corrected chi connectivity index (χ2v) is 8.48. The molecule has 1 atom stereocenters. The van der Waals surface area contributed by atoms with E-state index in [0.717, 1.165) is 36.9 Å². The monoisotopic (exact) mass is 437 g/mol. The maximum atomic E-state index is 12.9. The van der Waals surface area contributed by atoms with Gasteiger partial charge in [0.2, 0.25) is 5.91 Å². The molecule has 1 aromatic heterocycles. The van der Waals surface area contributed by atoms with Gasteiger partial charge in [0.1, 0.15) is 5.82 Å². The maximum Gasteiger partial charge on any atom is 0.225 e. The summed E-state index contributed by atoms with van der Waals surface area (Å²) in [6, 6.07) is 13.8. The zero-order valence-corrected chi connectivity index (χ0v) is 18.8. The Bertz CT molecular complexity index is 1190. The molecule has 1 amide bonds. The molecule has 1 unspecified atom stereocenters. The lowest BCUT2D eigenvalue weighted by molar-refractivity contribution is -0.116. The van der Waals surface area contributed by atoms with Crippen LogP contribution >= 0.6 is 11.6 Å². The average molecular weight is 438 g/mol. The molecule has 0 saturated carbocycles. The zero-order valence-electron chi connectivity index (χ0n) is 18.0. The summed E-state index contributed by atoms with van der Waals surface area (Å²) in [6.45, 7) is 4.54. The van der Waals surface area contributed by atoms with Crippen LogP contribution in [0.3, 0.4) is 0 Å². The quantitative estimate of drug-likeness (QED) is 0.504. The van der Waals surface area contributed by atoms with Gasteiger partial charge in [-0.1, -0.05) is 42.8 Å². The second-order valence-electron chi connectivity index (χ2n) is 8.07. The lowest BCUT2D eigenvalue weighted by Crippen LogP contribution is -2.20. The number of hydrogen-bond acceptors (Lipinski definition) is 3. The molecule has 1 heterocycles. The van der Waals surface area contributed by atoms with Gasteiger partial charge in [-0.25, -0.2) is 0 Å². The highest BCUT2D eigenvalue weighted by atomic mass is 35.5. The third-order valence-electron chi connectivity index (χ3n) is 5.96. The van der Waals surface area contributed by atoms with Gasteiger partial charge in [0, 0.05) is 24.4 Å². The van der Waals surface area contributed by atoms with Crippen molar-refractivity contribution in [3.63, 3.8) is 0 Å². The largest absolute Gasteiger partial charge is 0.377 e. The Labute approximate surface area is 187 Å². The van der Waals surface area contributed by atoms with Gasteiger partial charge >= 0.3 is 0 Å². The minimum Gasteiger partial charge on any atom is -0.377 e. The minimum atomic E-state index is -0.129. The first-order chi connectivity index (χ1) is 15.0. The molecule has 5 nitrogen and oxygen atoms in total. The highest BCUT2D eigenvalue weighted by molar-refractivity contribution is 6.34. The van der Waals surface area contributed by atoms with Crippen molar-refractivity contribution in [2.45, 2.75) is 58.5 Å². The van der Waals surface area contributed by atoms with Crippen molar-refractivity contribution >= 4 is 39.9 Å². The fraction of sp³-hybridized carbons (Fsp3) is 0.360.